The maximum absolute atomic E-state index is 11.6. The summed E-state index contributed by atoms with van der Waals surface area (Å²) in [5.41, 5.74) is 1.99. The van der Waals surface area contributed by atoms with Crippen molar-refractivity contribution in [2.24, 2.45) is 0 Å². The van der Waals surface area contributed by atoms with Crippen LogP contribution in [0.1, 0.15) is 35.7 Å². The number of fused-ring (bicyclic) bond motifs is 1. The summed E-state index contributed by atoms with van der Waals surface area (Å²) >= 11 is 0. The Kier molecular flexibility index (Phi) is 4.15. The fraction of sp³-hybridized carbons (Fsp3) is 0.500. The van der Waals surface area contributed by atoms with Gasteiger partial charge in [-0.15, -0.1) is 0 Å². The van der Waals surface area contributed by atoms with E-state index in [1.54, 1.807) is 0 Å². The van der Waals surface area contributed by atoms with Gasteiger partial charge in [-0.3, -0.25) is 4.79 Å². The van der Waals surface area contributed by atoms with Gasteiger partial charge < -0.3 is 9.47 Å². The Balaban J connectivity index is 1.98. The number of carbonyl (C=O) groups is 1. The third-order valence-corrected chi connectivity index (χ3v) is 2.93. The predicted molar refractivity (Wildman–Crippen MR) is 65.7 cm³/mol. The lowest BCUT2D eigenvalue weighted by atomic mass is 9.91. The van der Waals surface area contributed by atoms with Crippen LogP contribution in [0.15, 0.2) is 18.2 Å². The second-order valence-corrected chi connectivity index (χ2v) is 4.14. The predicted octanol–water partition coefficient (Wildman–Crippen LogP) is 2.62. The summed E-state index contributed by atoms with van der Waals surface area (Å²) in [5, 5.41) is 0. The number of Topliss-reactive ketones (excluding diaryl/α,β-unsaturated/α-hetero) is 1. The van der Waals surface area contributed by atoms with Crippen LogP contribution >= 0.6 is 0 Å². The molecule has 17 heavy (non-hydrogen) atoms. The number of aryl methyl sites for hydroxylation is 1. The van der Waals surface area contributed by atoms with E-state index in [1.807, 2.05) is 25.1 Å². The van der Waals surface area contributed by atoms with Crippen LogP contribution in [0.25, 0.3) is 0 Å². The van der Waals surface area contributed by atoms with E-state index in [2.05, 4.69) is 0 Å². The Hall–Kier alpha value is -1.35. The summed E-state index contributed by atoms with van der Waals surface area (Å²) < 4.78 is 10.8. The first kappa shape index (κ1) is 12.1. The van der Waals surface area contributed by atoms with Gasteiger partial charge in [-0.1, -0.05) is 0 Å². The Labute approximate surface area is 102 Å². The summed E-state index contributed by atoms with van der Waals surface area (Å²) in [6.07, 6.45) is 2.61. The summed E-state index contributed by atoms with van der Waals surface area (Å²) in [5.74, 6) is 1.09. The molecular weight excluding hydrogens is 216 g/mol. The molecule has 3 heteroatoms. The third-order valence-electron chi connectivity index (χ3n) is 2.93. The minimum absolute atomic E-state index is 0.257. The molecule has 0 saturated heterocycles. The molecule has 0 atom stereocenters. The second-order valence-electron chi connectivity index (χ2n) is 4.14. The number of ether oxygens (including phenoxy) is 2. The van der Waals surface area contributed by atoms with Crippen molar-refractivity contribution in [1.82, 2.24) is 0 Å². The van der Waals surface area contributed by atoms with Crippen LogP contribution < -0.4 is 4.74 Å². The number of ketones is 1. The quantitative estimate of drug-likeness (QED) is 0.735. The van der Waals surface area contributed by atoms with Crippen LogP contribution in [-0.4, -0.2) is 25.6 Å². The molecule has 1 aliphatic carbocycles. The summed E-state index contributed by atoms with van der Waals surface area (Å²) in [4.78, 5) is 11.6. The molecule has 0 aromatic heterocycles. The lowest BCUT2D eigenvalue weighted by molar-refractivity contribution is 0.0971. The number of hydrogen-bond acceptors (Lipinski definition) is 3. The molecule has 0 aliphatic heterocycles. The first-order chi connectivity index (χ1) is 8.31. The topological polar surface area (TPSA) is 35.5 Å². The number of carbonyl (C=O) groups excluding carboxylic acids is 1. The second kappa shape index (κ2) is 5.82. The van der Waals surface area contributed by atoms with Crippen molar-refractivity contribution in [1.29, 1.82) is 0 Å². The molecule has 3 nitrogen and oxygen atoms in total. The fourth-order valence-corrected chi connectivity index (χ4v) is 2.08. The van der Waals surface area contributed by atoms with Crippen molar-refractivity contribution < 1.29 is 14.3 Å². The molecule has 0 amide bonds. The maximum Gasteiger partial charge on any atom is 0.163 e. The minimum atomic E-state index is 0.257. The van der Waals surface area contributed by atoms with Crippen molar-refractivity contribution in [2.45, 2.75) is 26.2 Å². The molecule has 0 unspecified atom stereocenters. The highest BCUT2D eigenvalue weighted by molar-refractivity contribution is 5.98. The number of rotatable bonds is 5. The Morgan fingerprint density at radius 3 is 2.94 bits per heavy atom. The first-order valence-electron chi connectivity index (χ1n) is 6.18. The number of benzene rings is 1. The van der Waals surface area contributed by atoms with Crippen LogP contribution in [0.2, 0.25) is 0 Å². The summed E-state index contributed by atoms with van der Waals surface area (Å²) in [6, 6.07) is 5.74. The van der Waals surface area contributed by atoms with Crippen LogP contribution in [0, 0.1) is 0 Å². The third kappa shape index (κ3) is 3.07. The molecule has 0 bridgehead atoms. The molecule has 0 fully saturated rings. The van der Waals surface area contributed by atoms with E-state index in [-0.39, 0.29) is 5.78 Å². The van der Waals surface area contributed by atoms with Crippen molar-refractivity contribution in [3.8, 4) is 5.75 Å². The number of hydrogen-bond donors (Lipinski definition) is 0. The molecule has 1 aromatic carbocycles. The van der Waals surface area contributed by atoms with E-state index in [9.17, 15) is 4.79 Å². The van der Waals surface area contributed by atoms with E-state index in [4.69, 9.17) is 9.47 Å². The smallest absolute Gasteiger partial charge is 0.163 e. The van der Waals surface area contributed by atoms with Crippen LogP contribution in [0.4, 0.5) is 0 Å². The van der Waals surface area contributed by atoms with Gasteiger partial charge in [0.2, 0.25) is 0 Å². The standard InChI is InChI=1S/C14H18O3/c1-2-16-8-9-17-12-6-7-13-11(10-12)4-3-5-14(13)15/h6-7,10H,2-5,8-9H2,1H3. The normalized spacial score (nSPS) is 14.5. The molecule has 0 spiro atoms. The van der Waals surface area contributed by atoms with Crippen molar-refractivity contribution in [3.05, 3.63) is 29.3 Å². The van der Waals surface area contributed by atoms with E-state index in [0.29, 0.717) is 26.2 Å². The van der Waals surface area contributed by atoms with E-state index in [1.165, 1.54) is 0 Å². The Morgan fingerprint density at radius 1 is 1.24 bits per heavy atom. The van der Waals surface area contributed by atoms with Gasteiger partial charge in [0, 0.05) is 18.6 Å². The van der Waals surface area contributed by atoms with Gasteiger partial charge in [-0.05, 0) is 43.5 Å². The molecule has 0 radical (unpaired) electrons. The van der Waals surface area contributed by atoms with Gasteiger partial charge in [0.05, 0.1) is 6.61 Å². The molecule has 0 N–H and O–H groups in total. The first-order valence-corrected chi connectivity index (χ1v) is 6.18. The fourth-order valence-electron chi connectivity index (χ4n) is 2.08. The van der Waals surface area contributed by atoms with Crippen molar-refractivity contribution in [3.63, 3.8) is 0 Å². The molecule has 0 heterocycles. The summed E-state index contributed by atoms with van der Waals surface area (Å²) in [6.45, 7) is 3.83. The van der Waals surface area contributed by atoms with Crippen molar-refractivity contribution in [2.75, 3.05) is 19.8 Å². The Bertz CT molecular complexity index is 398. The SMILES string of the molecule is CCOCCOc1ccc2c(c1)CCCC2=O. The Morgan fingerprint density at radius 2 is 2.12 bits per heavy atom. The highest BCUT2D eigenvalue weighted by atomic mass is 16.5. The van der Waals surface area contributed by atoms with E-state index >= 15 is 0 Å². The molecular formula is C14H18O3. The monoisotopic (exact) mass is 234 g/mol. The molecule has 0 saturated carbocycles. The van der Waals surface area contributed by atoms with Crippen molar-refractivity contribution >= 4 is 5.78 Å². The van der Waals surface area contributed by atoms with Crippen LogP contribution in [-0.2, 0) is 11.2 Å². The van der Waals surface area contributed by atoms with E-state index in [0.717, 1.165) is 29.7 Å². The van der Waals surface area contributed by atoms with Gasteiger partial charge in [-0.25, -0.2) is 0 Å². The van der Waals surface area contributed by atoms with Crippen LogP contribution in [0.5, 0.6) is 5.75 Å². The van der Waals surface area contributed by atoms with Gasteiger partial charge >= 0.3 is 0 Å². The highest BCUT2D eigenvalue weighted by Gasteiger charge is 2.17. The lowest BCUT2D eigenvalue weighted by Crippen LogP contribution is -2.11. The minimum Gasteiger partial charge on any atom is -0.491 e. The maximum atomic E-state index is 11.6. The summed E-state index contributed by atoms with van der Waals surface area (Å²) in [7, 11) is 0. The van der Waals surface area contributed by atoms with Gasteiger partial charge in [0.15, 0.2) is 5.78 Å². The van der Waals surface area contributed by atoms with Gasteiger partial charge in [-0.2, -0.15) is 0 Å². The van der Waals surface area contributed by atoms with Gasteiger partial charge in [0.25, 0.3) is 0 Å². The van der Waals surface area contributed by atoms with Gasteiger partial charge in [0.1, 0.15) is 12.4 Å². The molecule has 2 rings (SSSR count). The highest BCUT2D eigenvalue weighted by Crippen LogP contribution is 2.25. The lowest BCUT2D eigenvalue weighted by Gasteiger charge is -2.15. The molecule has 92 valence electrons. The average molecular weight is 234 g/mol. The largest absolute Gasteiger partial charge is 0.491 e. The molecule has 1 aromatic rings. The zero-order chi connectivity index (χ0) is 12.1. The molecule has 1 aliphatic rings. The average Bonchev–Trinajstić information content (AvgIpc) is 2.35. The zero-order valence-electron chi connectivity index (χ0n) is 10.2. The van der Waals surface area contributed by atoms with E-state index < -0.39 is 0 Å². The van der Waals surface area contributed by atoms with Crippen LogP contribution in [0.3, 0.4) is 0 Å². The zero-order valence-corrected chi connectivity index (χ0v) is 10.2.